The molecule has 0 spiro atoms. The average Bonchev–Trinajstić information content (AvgIpc) is 3.09. The number of esters is 1. The van der Waals surface area contributed by atoms with E-state index in [1.807, 2.05) is 54.6 Å². The van der Waals surface area contributed by atoms with Crippen LogP contribution in [0.25, 0.3) is 11.1 Å². The second-order valence-electron chi connectivity index (χ2n) is 7.78. The van der Waals surface area contributed by atoms with Gasteiger partial charge in [-0.3, -0.25) is 9.59 Å². The lowest BCUT2D eigenvalue weighted by atomic mass is 9.88. The molecule has 1 unspecified atom stereocenters. The Morgan fingerprint density at radius 2 is 1.40 bits per heavy atom. The van der Waals surface area contributed by atoms with E-state index in [-0.39, 0.29) is 12.5 Å². The average molecular weight is 400 g/mol. The first kappa shape index (κ1) is 19.9. The Hall–Kier alpha value is -3.40. The van der Waals surface area contributed by atoms with Gasteiger partial charge < -0.3 is 9.84 Å². The lowest BCUT2D eigenvalue weighted by Crippen LogP contribution is -2.31. The predicted molar refractivity (Wildman–Crippen MR) is 115 cm³/mol. The number of hydrogen-bond donors (Lipinski definition) is 1. The van der Waals surface area contributed by atoms with Crippen molar-refractivity contribution in [3.8, 4) is 11.1 Å². The molecule has 4 nitrogen and oxygen atoms in total. The second kappa shape index (κ2) is 8.54. The molecule has 0 amide bonds. The van der Waals surface area contributed by atoms with Crippen LogP contribution in [-0.2, 0) is 20.7 Å². The van der Waals surface area contributed by atoms with Gasteiger partial charge in [0.2, 0.25) is 0 Å². The lowest BCUT2D eigenvalue weighted by molar-refractivity contribution is -0.157. The van der Waals surface area contributed by atoms with Crippen molar-refractivity contribution in [3.63, 3.8) is 0 Å². The van der Waals surface area contributed by atoms with Crippen LogP contribution in [0.5, 0.6) is 0 Å². The third-order valence-corrected chi connectivity index (χ3v) is 5.95. The van der Waals surface area contributed by atoms with Crippen molar-refractivity contribution in [2.75, 3.05) is 6.61 Å². The number of rotatable bonds is 7. The number of carbonyl (C=O) groups excluding carboxylic acids is 1. The van der Waals surface area contributed by atoms with Gasteiger partial charge in [0.05, 0.1) is 11.8 Å². The minimum atomic E-state index is -0.986. The van der Waals surface area contributed by atoms with E-state index in [1.165, 1.54) is 0 Å². The summed E-state index contributed by atoms with van der Waals surface area (Å²) in [5.41, 5.74) is 5.49. The number of aliphatic carboxylic acids is 1. The number of fused-ring (bicyclic) bond motifs is 3. The molecule has 2 atom stereocenters. The van der Waals surface area contributed by atoms with E-state index < -0.39 is 23.8 Å². The molecule has 3 aromatic carbocycles. The Bertz CT molecular complexity index is 1010. The Balaban J connectivity index is 1.48. The molecule has 0 bridgehead atoms. The van der Waals surface area contributed by atoms with Gasteiger partial charge in [0.25, 0.3) is 0 Å². The summed E-state index contributed by atoms with van der Waals surface area (Å²) in [7, 11) is 0. The topological polar surface area (TPSA) is 63.6 Å². The van der Waals surface area contributed by atoms with Crippen molar-refractivity contribution in [2.45, 2.75) is 19.3 Å². The molecule has 0 saturated heterocycles. The first-order valence-corrected chi connectivity index (χ1v) is 10.2. The van der Waals surface area contributed by atoms with E-state index in [1.54, 1.807) is 6.92 Å². The first-order valence-electron chi connectivity index (χ1n) is 10.2. The molecule has 4 rings (SSSR count). The van der Waals surface area contributed by atoms with E-state index >= 15 is 0 Å². The highest BCUT2D eigenvalue weighted by atomic mass is 16.5. The zero-order valence-corrected chi connectivity index (χ0v) is 16.8. The Morgan fingerprint density at radius 1 is 0.867 bits per heavy atom. The van der Waals surface area contributed by atoms with Crippen molar-refractivity contribution in [2.24, 2.45) is 11.8 Å². The van der Waals surface area contributed by atoms with Crippen molar-refractivity contribution in [1.29, 1.82) is 0 Å². The molecule has 0 radical (unpaired) electrons. The molecule has 0 heterocycles. The van der Waals surface area contributed by atoms with E-state index in [9.17, 15) is 14.7 Å². The van der Waals surface area contributed by atoms with Gasteiger partial charge in [-0.25, -0.2) is 0 Å². The summed E-state index contributed by atoms with van der Waals surface area (Å²) in [5.74, 6) is -3.07. The molecule has 0 aliphatic heterocycles. The largest absolute Gasteiger partial charge is 0.481 e. The number of hydrogen-bond acceptors (Lipinski definition) is 3. The molecule has 0 fully saturated rings. The van der Waals surface area contributed by atoms with Crippen LogP contribution in [0.4, 0.5) is 0 Å². The summed E-state index contributed by atoms with van der Waals surface area (Å²) < 4.78 is 5.67. The number of ether oxygens (including phenoxy) is 1. The van der Waals surface area contributed by atoms with Crippen molar-refractivity contribution in [3.05, 3.63) is 95.6 Å². The monoisotopic (exact) mass is 400 g/mol. The summed E-state index contributed by atoms with van der Waals surface area (Å²) in [6.45, 7) is 1.84. The quantitative estimate of drug-likeness (QED) is 0.572. The SMILES string of the molecule is CC(C(=O)OCC1c2ccccc2-c2ccccc21)[C@@H](Cc1ccccc1)C(=O)O. The van der Waals surface area contributed by atoms with Crippen LogP contribution in [0.1, 0.15) is 29.5 Å². The number of carbonyl (C=O) groups is 2. The van der Waals surface area contributed by atoms with Crippen LogP contribution in [0.3, 0.4) is 0 Å². The van der Waals surface area contributed by atoms with Gasteiger partial charge in [-0.2, -0.15) is 0 Å². The van der Waals surface area contributed by atoms with Crippen molar-refractivity contribution < 1.29 is 19.4 Å². The van der Waals surface area contributed by atoms with Crippen molar-refractivity contribution in [1.82, 2.24) is 0 Å². The maximum atomic E-state index is 12.8. The van der Waals surface area contributed by atoms with Crippen LogP contribution < -0.4 is 0 Å². The fourth-order valence-corrected chi connectivity index (χ4v) is 4.25. The number of benzene rings is 3. The maximum Gasteiger partial charge on any atom is 0.309 e. The van der Waals surface area contributed by atoms with Gasteiger partial charge in [-0.05, 0) is 34.2 Å². The molecule has 3 aromatic rings. The molecular formula is C26H24O4. The lowest BCUT2D eigenvalue weighted by Gasteiger charge is -2.21. The fourth-order valence-electron chi connectivity index (χ4n) is 4.25. The van der Waals surface area contributed by atoms with E-state index in [0.717, 1.165) is 27.8 Å². The zero-order valence-electron chi connectivity index (χ0n) is 16.8. The molecular weight excluding hydrogens is 376 g/mol. The van der Waals surface area contributed by atoms with Crippen molar-refractivity contribution >= 4 is 11.9 Å². The van der Waals surface area contributed by atoms with Gasteiger partial charge in [-0.15, -0.1) is 0 Å². The highest BCUT2D eigenvalue weighted by Gasteiger charge is 2.33. The van der Waals surface area contributed by atoms with Crippen LogP contribution >= 0.6 is 0 Å². The summed E-state index contributed by atoms with van der Waals surface area (Å²) in [5, 5.41) is 9.69. The molecule has 0 aromatic heterocycles. The van der Waals surface area contributed by atoms with E-state index in [2.05, 4.69) is 24.3 Å². The third-order valence-electron chi connectivity index (χ3n) is 5.95. The number of carboxylic acids is 1. The summed E-state index contributed by atoms with van der Waals surface area (Å²) >= 11 is 0. The summed E-state index contributed by atoms with van der Waals surface area (Å²) in [4.78, 5) is 24.6. The zero-order chi connectivity index (χ0) is 21.1. The number of carboxylic acid groups (broad SMARTS) is 1. The van der Waals surface area contributed by atoms with Crippen LogP contribution in [0.15, 0.2) is 78.9 Å². The molecule has 4 heteroatoms. The van der Waals surface area contributed by atoms with Crippen LogP contribution in [0.2, 0.25) is 0 Å². The van der Waals surface area contributed by atoms with Gasteiger partial charge in [-0.1, -0.05) is 85.8 Å². The van der Waals surface area contributed by atoms with E-state index in [0.29, 0.717) is 6.42 Å². The standard InChI is InChI=1S/C26H24O4/c1-17(23(25(27)28)15-18-9-3-2-4-10-18)26(29)30-16-24-21-13-7-5-11-19(21)20-12-6-8-14-22(20)24/h2-14,17,23-24H,15-16H2,1H3,(H,27,28)/t17?,23-/m1/s1. The fraction of sp³-hybridized carbons (Fsp3) is 0.231. The molecule has 1 aliphatic rings. The molecule has 0 saturated carbocycles. The van der Waals surface area contributed by atoms with Crippen LogP contribution in [0, 0.1) is 11.8 Å². The van der Waals surface area contributed by atoms with Gasteiger partial charge in [0, 0.05) is 5.92 Å². The van der Waals surface area contributed by atoms with Gasteiger partial charge >= 0.3 is 11.9 Å². The summed E-state index contributed by atoms with van der Waals surface area (Å²) in [6, 6.07) is 25.6. The third kappa shape index (κ3) is 3.86. The Kier molecular flexibility index (Phi) is 5.66. The highest BCUT2D eigenvalue weighted by Crippen LogP contribution is 2.44. The minimum absolute atomic E-state index is 0.0362. The predicted octanol–water partition coefficient (Wildman–Crippen LogP) is 4.92. The maximum absolute atomic E-state index is 12.8. The Labute approximate surface area is 176 Å². The van der Waals surface area contributed by atoms with Gasteiger partial charge in [0.15, 0.2) is 0 Å². The normalized spacial score (nSPS) is 14.4. The smallest absolute Gasteiger partial charge is 0.309 e. The molecule has 152 valence electrons. The van der Waals surface area contributed by atoms with Crippen LogP contribution in [-0.4, -0.2) is 23.7 Å². The highest BCUT2D eigenvalue weighted by molar-refractivity contribution is 5.82. The second-order valence-corrected chi connectivity index (χ2v) is 7.78. The Morgan fingerprint density at radius 3 is 1.97 bits per heavy atom. The molecule has 1 aliphatic carbocycles. The first-order chi connectivity index (χ1) is 14.6. The summed E-state index contributed by atoms with van der Waals surface area (Å²) in [6.07, 6.45) is 0.293. The van der Waals surface area contributed by atoms with Gasteiger partial charge in [0.1, 0.15) is 6.61 Å². The minimum Gasteiger partial charge on any atom is -0.481 e. The molecule has 1 N–H and O–H groups in total. The molecule has 30 heavy (non-hydrogen) atoms. The van der Waals surface area contributed by atoms with E-state index in [4.69, 9.17) is 4.74 Å².